The number of nitrogens with one attached hydrogen (secondary N) is 2. The van der Waals surface area contributed by atoms with Crippen molar-refractivity contribution in [3.8, 4) is 17.3 Å². The quantitative estimate of drug-likeness (QED) is 0.188. The number of rotatable bonds is 10. The molecule has 0 aliphatic heterocycles. The Morgan fingerprint density at radius 1 is 1.05 bits per heavy atom. The summed E-state index contributed by atoms with van der Waals surface area (Å²) in [4.78, 5) is 25.6. The van der Waals surface area contributed by atoms with Crippen LogP contribution in [0.15, 0.2) is 67.1 Å². The van der Waals surface area contributed by atoms with Crippen molar-refractivity contribution in [3.63, 3.8) is 0 Å². The van der Waals surface area contributed by atoms with E-state index < -0.39 is 23.3 Å². The number of halogens is 2. The second kappa shape index (κ2) is 13.0. The van der Waals surface area contributed by atoms with Gasteiger partial charge >= 0.3 is 6.09 Å². The first-order valence-electron chi connectivity index (χ1n) is 14.2. The lowest BCUT2D eigenvalue weighted by Crippen LogP contribution is -2.33. The molecule has 5 rings (SSSR count). The normalized spacial score (nSPS) is 11.4. The van der Waals surface area contributed by atoms with Crippen molar-refractivity contribution in [2.75, 3.05) is 18.5 Å². The molecular weight excluding hydrogens is 568 g/mol. The Bertz CT molecular complexity index is 1750. The van der Waals surface area contributed by atoms with E-state index >= 15 is 0 Å². The average Bonchev–Trinajstić information content (AvgIpc) is 3.34. The molecule has 2 N–H and O–H groups in total. The zero-order chi connectivity index (χ0) is 31.3. The molecule has 3 heterocycles. The number of carbonyl (C=O) groups is 1. The highest BCUT2D eigenvalue weighted by Crippen LogP contribution is 2.30. The Morgan fingerprint density at radius 2 is 1.77 bits per heavy atom. The van der Waals surface area contributed by atoms with Crippen LogP contribution in [0, 0.1) is 11.6 Å². The van der Waals surface area contributed by atoms with Crippen molar-refractivity contribution in [3.05, 3.63) is 89.9 Å². The van der Waals surface area contributed by atoms with Crippen LogP contribution in [0.25, 0.3) is 22.4 Å². The number of hydrogen-bond acceptors (Lipinski definition) is 8. The number of ether oxygens (including phenoxy) is 2. The second-order valence-electron chi connectivity index (χ2n) is 10.9. The highest BCUT2D eigenvalue weighted by Gasteiger charge is 2.20. The summed E-state index contributed by atoms with van der Waals surface area (Å²) in [6, 6.07) is 13.3. The van der Waals surface area contributed by atoms with E-state index in [4.69, 9.17) is 19.6 Å². The molecule has 0 bridgehead atoms. The number of amides is 1. The van der Waals surface area contributed by atoms with Crippen molar-refractivity contribution in [1.82, 2.24) is 30.0 Å². The van der Waals surface area contributed by atoms with Gasteiger partial charge in [-0.15, -0.1) is 0 Å². The van der Waals surface area contributed by atoms with Crippen LogP contribution in [0.3, 0.4) is 0 Å². The van der Waals surface area contributed by atoms with E-state index in [1.807, 2.05) is 24.3 Å². The molecule has 0 aliphatic rings. The number of nitrogens with zero attached hydrogens (tertiary/aromatic N) is 5. The average molecular weight is 602 g/mol. The predicted octanol–water partition coefficient (Wildman–Crippen LogP) is 6.42. The summed E-state index contributed by atoms with van der Waals surface area (Å²) in [7, 11) is 0. The number of hydrogen-bond donors (Lipinski definition) is 2. The molecule has 0 atom stereocenters. The Kier molecular flexibility index (Phi) is 8.98. The summed E-state index contributed by atoms with van der Waals surface area (Å²) < 4.78 is 42.0. The van der Waals surface area contributed by atoms with Crippen molar-refractivity contribution >= 4 is 28.5 Å². The molecular formula is C32H33F2N7O3. The van der Waals surface area contributed by atoms with Gasteiger partial charge in [-0.25, -0.2) is 23.5 Å². The lowest BCUT2D eigenvalue weighted by Gasteiger charge is -2.19. The van der Waals surface area contributed by atoms with Gasteiger partial charge in [0.1, 0.15) is 34.5 Å². The highest BCUT2D eigenvalue weighted by atomic mass is 19.1. The van der Waals surface area contributed by atoms with E-state index in [2.05, 4.69) is 20.6 Å². The number of anilines is 2. The van der Waals surface area contributed by atoms with Gasteiger partial charge in [0.25, 0.3) is 0 Å². The van der Waals surface area contributed by atoms with E-state index in [1.54, 1.807) is 58.4 Å². The first kappa shape index (κ1) is 30.3. The maximum atomic E-state index is 15.0. The van der Waals surface area contributed by atoms with Gasteiger partial charge in [-0.1, -0.05) is 18.2 Å². The van der Waals surface area contributed by atoms with Crippen LogP contribution >= 0.6 is 0 Å². The third-order valence-corrected chi connectivity index (χ3v) is 6.47. The summed E-state index contributed by atoms with van der Waals surface area (Å²) in [5.74, 6) is -0.498. The standard InChI is InChI=1S/C32H33F2N7O3/c1-5-43-22-16-25(33)24(26(34)17-22)19-41-27-9-7-6-8-23(27)28(40-41)30-37-18-20(10-15-36-31(42)44-32(2,3)4)29(39-30)38-21-11-13-35-14-12-21/h6-9,11-14,16-18H,5,10,15,19H2,1-4H3,(H,36,42)(H,35,37,38,39). The molecule has 5 aromatic rings. The second-order valence-corrected chi connectivity index (χ2v) is 10.9. The van der Waals surface area contributed by atoms with Crippen LogP contribution in [0.2, 0.25) is 0 Å². The van der Waals surface area contributed by atoms with Gasteiger partial charge in [0, 0.05) is 59.5 Å². The van der Waals surface area contributed by atoms with Crippen LogP contribution in [0.5, 0.6) is 5.75 Å². The molecule has 0 saturated heterocycles. The van der Waals surface area contributed by atoms with Crippen LogP contribution in [0.4, 0.5) is 25.1 Å². The number of pyridine rings is 1. The molecule has 0 radical (unpaired) electrons. The molecule has 1 amide bonds. The molecule has 3 aromatic heterocycles. The molecule has 0 fully saturated rings. The van der Waals surface area contributed by atoms with Gasteiger partial charge in [-0.05, 0) is 52.3 Å². The zero-order valence-electron chi connectivity index (χ0n) is 24.9. The van der Waals surface area contributed by atoms with Gasteiger partial charge in [-0.2, -0.15) is 5.10 Å². The molecule has 12 heteroatoms. The maximum absolute atomic E-state index is 15.0. The number of para-hydroxylation sites is 1. The Hall–Kier alpha value is -5.13. The van der Waals surface area contributed by atoms with E-state index in [-0.39, 0.29) is 17.9 Å². The van der Waals surface area contributed by atoms with E-state index in [1.165, 1.54) is 16.8 Å². The minimum atomic E-state index is -0.723. The van der Waals surface area contributed by atoms with Crippen LogP contribution in [0.1, 0.15) is 38.8 Å². The lowest BCUT2D eigenvalue weighted by atomic mass is 10.1. The number of fused-ring (bicyclic) bond motifs is 1. The third-order valence-electron chi connectivity index (χ3n) is 6.47. The molecule has 0 saturated carbocycles. The number of benzene rings is 2. The smallest absolute Gasteiger partial charge is 0.407 e. The van der Waals surface area contributed by atoms with Crippen molar-refractivity contribution in [2.24, 2.45) is 0 Å². The minimum absolute atomic E-state index is 0.126. The fraction of sp³-hybridized carbons (Fsp3) is 0.281. The number of aromatic nitrogens is 5. The first-order valence-corrected chi connectivity index (χ1v) is 14.2. The summed E-state index contributed by atoms with van der Waals surface area (Å²) in [5.41, 5.74) is 1.85. The van der Waals surface area contributed by atoms with Crippen molar-refractivity contribution in [1.29, 1.82) is 0 Å². The van der Waals surface area contributed by atoms with E-state index in [0.717, 1.165) is 11.3 Å². The van der Waals surface area contributed by atoms with Crippen molar-refractivity contribution in [2.45, 2.75) is 46.3 Å². The Balaban J connectivity index is 1.48. The molecule has 0 unspecified atom stereocenters. The highest BCUT2D eigenvalue weighted by molar-refractivity contribution is 5.92. The van der Waals surface area contributed by atoms with Crippen molar-refractivity contribution < 1.29 is 23.0 Å². The summed E-state index contributed by atoms with van der Waals surface area (Å²) in [6.07, 6.45) is 4.88. The Labute approximate surface area is 253 Å². The maximum Gasteiger partial charge on any atom is 0.407 e. The third kappa shape index (κ3) is 7.25. The SMILES string of the molecule is CCOc1cc(F)c(Cn2nc(-c3ncc(CCNC(=O)OC(C)(C)C)c(Nc4ccncc4)n3)c3ccccc32)c(F)c1. The van der Waals surface area contributed by atoms with Gasteiger partial charge in [0.2, 0.25) is 0 Å². The minimum Gasteiger partial charge on any atom is -0.494 e. The fourth-order valence-electron chi connectivity index (χ4n) is 4.54. The van der Waals surface area contributed by atoms with Crippen LogP contribution in [-0.2, 0) is 17.7 Å². The molecule has 2 aromatic carbocycles. The zero-order valence-corrected chi connectivity index (χ0v) is 24.9. The molecule has 0 spiro atoms. The van der Waals surface area contributed by atoms with Crippen LogP contribution < -0.4 is 15.4 Å². The summed E-state index contributed by atoms with van der Waals surface area (Å²) >= 11 is 0. The largest absolute Gasteiger partial charge is 0.494 e. The number of carbonyl (C=O) groups excluding carboxylic acids is 1. The van der Waals surface area contributed by atoms with E-state index in [9.17, 15) is 13.6 Å². The molecule has 10 nitrogen and oxygen atoms in total. The number of alkyl carbamates (subject to hydrolysis) is 1. The molecule has 228 valence electrons. The Morgan fingerprint density at radius 3 is 2.48 bits per heavy atom. The lowest BCUT2D eigenvalue weighted by molar-refractivity contribution is 0.0528. The van der Waals surface area contributed by atoms with Gasteiger partial charge in [0.05, 0.1) is 18.7 Å². The van der Waals surface area contributed by atoms with Gasteiger partial charge < -0.3 is 20.1 Å². The summed E-state index contributed by atoms with van der Waals surface area (Å²) in [5, 5.41) is 11.5. The van der Waals surface area contributed by atoms with Crippen LogP contribution in [-0.4, -0.2) is 49.6 Å². The first-order chi connectivity index (χ1) is 21.1. The summed E-state index contributed by atoms with van der Waals surface area (Å²) in [6.45, 7) is 7.57. The van der Waals surface area contributed by atoms with Gasteiger partial charge in [-0.3, -0.25) is 9.67 Å². The molecule has 44 heavy (non-hydrogen) atoms. The topological polar surface area (TPSA) is 116 Å². The fourth-order valence-corrected chi connectivity index (χ4v) is 4.54. The van der Waals surface area contributed by atoms with Gasteiger partial charge in [0.15, 0.2) is 5.82 Å². The monoisotopic (exact) mass is 601 g/mol. The molecule has 0 aliphatic carbocycles. The van der Waals surface area contributed by atoms with E-state index in [0.29, 0.717) is 47.8 Å². The predicted molar refractivity (Wildman–Crippen MR) is 163 cm³/mol.